The van der Waals surface area contributed by atoms with Crippen molar-refractivity contribution in [2.45, 2.75) is 26.4 Å². The Kier molecular flexibility index (Phi) is 6.35. The molecule has 0 radical (unpaired) electrons. The van der Waals surface area contributed by atoms with Crippen LogP contribution in [0.4, 0.5) is 11.5 Å². The Hall–Kier alpha value is -2.81. The Bertz CT molecular complexity index is 882. The van der Waals surface area contributed by atoms with E-state index in [1.807, 2.05) is 24.3 Å². The highest BCUT2D eigenvalue weighted by molar-refractivity contribution is 8.00. The number of rotatable bonds is 7. The van der Waals surface area contributed by atoms with Crippen molar-refractivity contribution < 1.29 is 23.6 Å². The first-order valence-corrected chi connectivity index (χ1v) is 9.99. The summed E-state index contributed by atoms with van der Waals surface area (Å²) in [5.41, 5.74) is 1.97. The monoisotopic (exact) mass is 403 g/mol. The number of amides is 2. The Morgan fingerprint density at radius 3 is 2.86 bits per heavy atom. The van der Waals surface area contributed by atoms with Gasteiger partial charge in [-0.3, -0.25) is 14.4 Å². The SMILES string of the molecule is Cc1cc(NC(=O)CSCC(=O)O[C@@H](C)C(=O)N2CCc3ccccc32)no1. The molecule has 1 aliphatic rings. The molecule has 1 aromatic heterocycles. The van der Waals surface area contributed by atoms with E-state index in [0.717, 1.165) is 29.4 Å². The maximum absolute atomic E-state index is 12.6. The van der Waals surface area contributed by atoms with Crippen LogP contribution in [0.15, 0.2) is 34.9 Å². The average Bonchev–Trinajstić information content (AvgIpc) is 3.27. The lowest BCUT2D eigenvalue weighted by Crippen LogP contribution is -2.39. The number of esters is 1. The van der Waals surface area contributed by atoms with Crippen LogP contribution in [-0.2, 0) is 25.5 Å². The second-order valence-electron chi connectivity index (χ2n) is 6.36. The Balaban J connectivity index is 1.41. The van der Waals surface area contributed by atoms with Crippen molar-refractivity contribution in [3.8, 4) is 0 Å². The minimum Gasteiger partial charge on any atom is -0.452 e. The van der Waals surface area contributed by atoms with E-state index < -0.39 is 12.1 Å². The highest BCUT2D eigenvalue weighted by atomic mass is 32.2. The molecule has 8 nitrogen and oxygen atoms in total. The van der Waals surface area contributed by atoms with Crippen molar-refractivity contribution in [1.82, 2.24) is 5.16 Å². The third kappa shape index (κ3) is 4.92. The topological polar surface area (TPSA) is 102 Å². The first-order valence-electron chi connectivity index (χ1n) is 8.83. The van der Waals surface area contributed by atoms with Gasteiger partial charge in [0, 0.05) is 18.3 Å². The summed E-state index contributed by atoms with van der Waals surface area (Å²) in [6, 6.07) is 9.29. The highest BCUT2D eigenvalue weighted by Crippen LogP contribution is 2.28. The third-order valence-electron chi connectivity index (χ3n) is 4.16. The van der Waals surface area contributed by atoms with Crippen molar-refractivity contribution in [2.75, 3.05) is 28.3 Å². The number of carbonyl (C=O) groups is 3. The molecule has 0 unspecified atom stereocenters. The molecule has 148 valence electrons. The first kappa shape index (κ1) is 19.9. The smallest absolute Gasteiger partial charge is 0.316 e. The lowest BCUT2D eigenvalue weighted by atomic mass is 10.2. The van der Waals surface area contributed by atoms with Gasteiger partial charge in [0.25, 0.3) is 5.91 Å². The minimum absolute atomic E-state index is 0.0283. The quantitative estimate of drug-likeness (QED) is 0.707. The largest absolute Gasteiger partial charge is 0.452 e. The number of nitrogens with zero attached hydrogens (tertiary/aromatic N) is 2. The van der Waals surface area contributed by atoms with Gasteiger partial charge in [-0.2, -0.15) is 0 Å². The van der Waals surface area contributed by atoms with Crippen molar-refractivity contribution in [3.63, 3.8) is 0 Å². The Labute approximate surface area is 166 Å². The Morgan fingerprint density at radius 1 is 1.32 bits per heavy atom. The number of aryl methyl sites for hydroxylation is 1. The van der Waals surface area contributed by atoms with E-state index in [1.54, 1.807) is 24.8 Å². The summed E-state index contributed by atoms with van der Waals surface area (Å²) in [6.45, 7) is 3.86. The molecule has 1 N–H and O–H groups in total. The number of para-hydroxylation sites is 1. The van der Waals surface area contributed by atoms with Gasteiger partial charge in [-0.15, -0.1) is 11.8 Å². The third-order valence-corrected chi connectivity index (χ3v) is 5.06. The molecule has 0 spiro atoms. The number of aromatic nitrogens is 1. The molecular weight excluding hydrogens is 382 g/mol. The Morgan fingerprint density at radius 2 is 2.11 bits per heavy atom. The lowest BCUT2D eigenvalue weighted by molar-refractivity contribution is -0.151. The van der Waals surface area contributed by atoms with Gasteiger partial charge < -0.3 is 19.5 Å². The van der Waals surface area contributed by atoms with Gasteiger partial charge in [0.05, 0.1) is 11.5 Å². The molecule has 0 aliphatic carbocycles. The number of nitrogens with one attached hydrogen (secondary N) is 1. The summed E-state index contributed by atoms with van der Waals surface area (Å²) in [5, 5.41) is 6.23. The molecule has 3 rings (SSSR count). The van der Waals surface area contributed by atoms with Crippen LogP contribution in [-0.4, -0.2) is 47.1 Å². The molecule has 1 aliphatic heterocycles. The molecule has 1 aromatic carbocycles. The van der Waals surface area contributed by atoms with Gasteiger partial charge in [-0.25, -0.2) is 0 Å². The fourth-order valence-electron chi connectivity index (χ4n) is 2.90. The molecule has 2 amide bonds. The molecule has 2 heterocycles. The van der Waals surface area contributed by atoms with Crippen LogP contribution in [0.25, 0.3) is 0 Å². The van der Waals surface area contributed by atoms with Gasteiger partial charge in [-0.1, -0.05) is 23.4 Å². The summed E-state index contributed by atoms with van der Waals surface area (Å²) in [6.07, 6.45) is -0.0929. The zero-order valence-corrected chi connectivity index (χ0v) is 16.5. The number of carbonyl (C=O) groups excluding carboxylic acids is 3. The van der Waals surface area contributed by atoms with Gasteiger partial charge in [0.2, 0.25) is 5.91 Å². The van der Waals surface area contributed by atoms with Crippen LogP contribution in [0, 0.1) is 6.92 Å². The zero-order chi connectivity index (χ0) is 20.1. The zero-order valence-electron chi connectivity index (χ0n) is 15.6. The number of hydrogen-bond donors (Lipinski definition) is 1. The molecule has 0 saturated heterocycles. The fraction of sp³-hybridized carbons (Fsp3) is 0.368. The summed E-state index contributed by atoms with van der Waals surface area (Å²) in [5.74, 6) is -0.140. The maximum Gasteiger partial charge on any atom is 0.316 e. The van der Waals surface area contributed by atoms with E-state index in [-0.39, 0.29) is 23.3 Å². The van der Waals surface area contributed by atoms with Gasteiger partial charge in [0.15, 0.2) is 11.9 Å². The molecule has 28 heavy (non-hydrogen) atoms. The summed E-state index contributed by atoms with van der Waals surface area (Å²) < 4.78 is 10.1. The van der Waals surface area contributed by atoms with Crippen LogP contribution in [0.3, 0.4) is 0 Å². The van der Waals surface area contributed by atoms with Crippen molar-refractivity contribution in [2.24, 2.45) is 0 Å². The fourth-order valence-corrected chi connectivity index (χ4v) is 3.49. The van der Waals surface area contributed by atoms with Crippen LogP contribution >= 0.6 is 11.8 Å². The number of anilines is 2. The molecule has 0 bridgehead atoms. The predicted molar refractivity (Wildman–Crippen MR) is 105 cm³/mol. The van der Waals surface area contributed by atoms with Crippen LogP contribution in [0.1, 0.15) is 18.2 Å². The molecule has 2 aromatic rings. The summed E-state index contributed by atoms with van der Waals surface area (Å²) in [4.78, 5) is 38.0. The summed E-state index contributed by atoms with van der Waals surface area (Å²) >= 11 is 1.10. The van der Waals surface area contributed by atoms with E-state index in [0.29, 0.717) is 18.1 Å². The van der Waals surface area contributed by atoms with E-state index in [2.05, 4.69) is 10.5 Å². The molecule has 0 fully saturated rings. The molecule has 1 atom stereocenters. The number of hydrogen-bond acceptors (Lipinski definition) is 7. The number of ether oxygens (including phenoxy) is 1. The molecular formula is C19H21N3O5S. The van der Waals surface area contributed by atoms with Crippen LogP contribution in [0.5, 0.6) is 0 Å². The van der Waals surface area contributed by atoms with Crippen LogP contribution in [0.2, 0.25) is 0 Å². The maximum atomic E-state index is 12.6. The van der Waals surface area contributed by atoms with Crippen molar-refractivity contribution in [3.05, 3.63) is 41.7 Å². The first-order chi connectivity index (χ1) is 13.4. The van der Waals surface area contributed by atoms with Crippen molar-refractivity contribution in [1.29, 1.82) is 0 Å². The summed E-state index contributed by atoms with van der Waals surface area (Å²) in [7, 11) is 0. The number of thioether (sulfide) groups is 1. The van der Waals surface area contributed by atoms with Crippen molar-refractivity contribution >= 4 is 41.1 Å². The van der Waals surface area contributed by atoms with Gasteiger partial charge in [-0.05, 0) is 31.9 Å². The normalized spacial score (nSPS) is 13.7. The van der Waals surface area contributed by atoms with Gasteiger partial charge in [0.1, 0.15) is 5.76 Å². The highest BCUT2D eigenvalue weighted by Gasteiger charge is 2.29. The van der Waals surface area contributed by atoms with Crippen LogP contribution < -0.4 is 10.2 Å². The number of fused-ring (bicyclic) bond motifs is 1. The number of benzene rings is 1. The van der Waals surface area contributed by atoms with E-state index in [1.165, 1.54) is 0 Å². The molecule has 9 heteroatoms. The van der Waals surface area contributed by atoms with E-state index in [9.17, 15) is 14.4 Å². The predicted octanol–water partition coefficient (Wildman–Crippen LogP) is 2.18. The molecule has 0 saturated carbocycles. The lowest BCUT2D eigenvalue weighted by Gasteiger charge is -2.21. The van der Waals surface area contributed by atoms with E-state index in [4.69, 9.17) is 9.26 Å². The second kappa shape index (κ2) is 8.92. The second-order valence-corrected chi connectivity index (χ2v) is 7.35. The van der Waals surface area contributed by atoms with Gasteiger partial charge >= 0.3 is 5.97 Å². The average molecular weight is 403 g/mol. The van der Waals surface area contributed by atoms with E-state index >= 15 is 0 Å². The standard InChI is InChI=1S/C19H21N3O5S/c1-12-9-16(21-27-12)20-17(23)10-28-11-18(24)26-13(2)19(25)22-8-7-14-5-3-4-6-15(14)22/h3-6,9,13H,7-8,10-11H2,1-2H3,(H,20,21,23)/t13-/m0/s1. The minimum atomic E-state index is -0.883.